The van der Waals surface area contributed by atoms with E-state index >= 15 is 0 Å². The zero-order valence-corrected chi connectivity index (χ0v) is 12.0. The second-order valence-electron chi connectivity index (χ2n) is 4.98. The van der Waals surface area contributed by atoms with E-state index in [1.807, 2.05) is 42.7 Å². The molecule has 0 aliphatic heterocycles. The first-order valence-corrected chi connectivity index (χ1v) is 7.14. The Morgan fingerprint density at radius 2 is 1.71 bits per heavy atom. The number of pyridine rings is 1. The number of imidazole rings is 1. The summed E-state index contributed by atoms with van der Waals surface area (Å²) in [5.74, 6) is 0. The molecule has 4 heteroatoms. The van der Waals surface area contributed by atoms with E-state index in [1.165, 1.54) is 5.56 Å². The molecule has 0 aliphatic carbocycles. The summed E-state index contributed by atoms with van der Waals surface area (Å²) in [6, 6.07) is 18.3. The average Bonchev–Trinajstić information content (AvgIpc) is 2.93. The lowest BCUT2D eigenvalue weighted by Crippen LogP contribution is -1.98. The first kappa shape index (κ1) is 12.4. The van der Waals surface area contributed by atoms with Gasteiger partial charge in [0.2, 0.25) is 0 Å². The lowest BCUT2D eigenvalue weighted by Gasteiger charge is -2.07. The van der Waals surface area contributed by atoms with Crippen molar-refractivity contribution in [2.45, 2.75) is 6.54 Å². The third kappa shape index (κ3) is 2.06. The molecule has 0 bridgehead atoms. The maximum absolute atomic E-state index is 6.27. The summed E-state index contributed by atoms with van der Waals surface area (Å²) >= 11 is 6.27. The van der Waals surface area contributed by atoms with Crippen molar-refractivity contribution in [3.63, 3.8) is 0 Å². The van der Waals surface area contributed by atoms with E-state index in [-0.39, 0.29) is 0 Å². The number of fused-ring (bicyclic) bond motifs is 3. The molecule has 2 heterocycles. The van der Waals surface area contributed by atoms with Crippen molar-refractivity contribution in [2.75, 3.05) is 0 Å². The fraction of sp³-hybridized carbons (Fsp3) is 0.0588. The Kier molecular flexibility index (Phi) is 2.86. The number of para-hydroxylation sites is 1. The van der Waals surface area contributed by atoms with Gasteiger partial charge in [0, 0.05) is 11.9 Å². The van der Waals surface area contributed by atoms with Crippen molar-refractivity contribution in [1.82, 2.24) is 14.5 Å². The molecule has 2 aromatic heterocycles. The molecule has 0 spiro atoms. The molecule has 2 aromatic carbocycles. The molecule has 4 aromatic rings. The highest BCUT2D eigenvalue weighted by molar-refractivity contribution is 6.35. The van der Waals surface area contributed by atoms with Gasteiger partial charge < -0.3 is 4.57 Å². The van der Waals surface area contributed by atoms with E-state index in [9.17, 15) is 0 Å². The second-order valence-corrected chi connectivity index (χ2v) is 5.33. The molecule has 0 radical (unpaired) electrons. The highest BCUT2D eigenvalue weighted by Crippen LogP contribution is 2.28. The molecule has 102 valence electrons. The van der Waals surface area contributed by atoms with Crippen molar-refractivity contribution in [3.8, 4) is 0 Å². The molecule has 0 N–H and O–H groups in total. The summed E-state index contributed by atoms with van der Waals surface area (Å²) in [6.45, 7) is 0.766. The minimum atomic E-state index is 0.454. The van der Waals surface area contributed by atoms with Crippen molar-refractivity contribution in [1.29, 1.82) is 0 Å². The van der Waals surface area contributed by atoms with Gasteiger partial charge >= 0.3 is 0 Å². The largest absolute Gasteiger partial charge is 0.325 e. The van der Waals surface area contributed by atoms with Crippen LogP contribution < -0.4 is 0 Å². The Morgan fingerprint density at radius 3 is 2.57 bits per heavy atom. The number of rotatable bonds is 2. The molecule has 21 heavy (non-hydrogen) atoms. The van der Waals surface area contributed by atoms with Gasteiger partial charge in [-0.15, -0.1) is 0 Å². The number of aromatic nitrogens is 3. The molecule has 0 unspecified atom stereocenters. The van der Waals surface area contributed by atoms with Crippen molar-refractivity contribution in [2.24, 2.45) is 0 Å². The summed E-state index contributed by atoms with van der Waals surface area (Å²) in [4.78, 5) is 8.85. The highest BCUT2D eigenvalue weighted by Gasteiger charge is 2.12. The Hall–Kier alpha value is -2.39. The number of halogens is 1. The zero-order valence-electron chi connectivity index (χ0n) is 11.2. The first-order valence-electron chi connectivity index (χ1n) is 6.76. The van der Waals surface area contributed by atoms with Crippen LogP contribution in [0, 0.1) is 0 Å². The van der Waals surface area contributed by atoms with Crippen LogP contribution in [0.4, 0.5) is 0 Å². The zero-order chi connectivity index (χ0) is 14.2. The first-order chi connectivity index (χ1) is 10.3. The van der Waals surface area contributed by atoms with E-state index in [1.54, 1.807) is 0 Å². The van der Waals surface area contributed by atoms with Crippen molar-refractivity contribution in [3.05, 3.63) is 71.6 Å². The number of hydrogen-bond donors (Lipinski definition) is 0. The minimum absolute atomic E-state index is 0.454. The van der Waals surface area contributed by atoms with Crippen LogP contribution in [0.1, 0.15) is 5.56 Å². The van der Waals surface area contributed by atoms with Crippen LogP contribution in [0.2, 0.25) is 5.15 Å². The fourth-order valence-corrected chi connectivity index (χ4v) is 2.88. The summed E-state index contributed by atoms with van der Waals surface area (Å²) in [6.07, 6.45) is 1.83. The molecule has 0 saturated carbocycles. The van der Waals surface area contributed by atoms with Crippen LogP contribution in [0.25, 0.3) is 21.9 Å². The van der Waals surface area contributed by atoms with Gasteiger partial charge in [-0.1, -0.05) is 60.1 Å². The lowest BCUT2D eigenvalue weighted by atomic mass is 10.2. The third-order valence-corrected chi connectivity index (χ3v) is 3.87. The standard InChI is InChI=1S/C17H12ClN3/c18-17-15-16(13-8-4-5-9-14(13)20-17)21(11-19-15)10-12-6-2-1-3-7-12/h1-9,11H,10H2. The number of hydrogen-bond acceptors (Lipinski definition) is 2. The lowest BCUT2D eigenvalue weighted by molar-refractivity contribution is 0.827. The Labute approximate surface area is 126 Å². The van der Waals surface area contributed by atoms with Gasteiger partial charge in [0.15, 0.2) is 5.15 Å². The molecule has 0 amide bonds. The Bertz CT molecular complexity index is 929. The van der Waals surface area contributed by atoms with E-state index < -0.39 is 0 Å². The fourth-order valence-electron chi connectivity index (χ4n) is 2.65. The molecule has 0 atom stereocenters. The van der Waals surface area contributed by atoms with Gasteiger partial charge in [-0.05, 0) is 11.6 Å². The van der Waals surface area contributed by atoms with Crippen LogP contribution in [0.5, 0.6) is 0 Å². The van der Waals surface area contributed by atoms with E-state index in [2.05, 4.69) is 32.7 Å². The van der Waals surface area contributed by atoms with Gasteiger partial charge in [0.1, 0.15) is 5.52 Å². The predicted octanol–water partition coefficient (Wildman–Crippen LogP) is 4.29. The number of benzene rings is 2. The third-order valence-electron chi connectivity index (χ3n) is 3.61. The van der Waals surface area contributed by atoms with Crippen LogP contribution >= 0.6 is 11.6 Å². The Morgan fingerprint density at radius 1 is 0.952 bits per heavy atom. The quantitative estimate of drug-likeness (QED) is 0.516. The molecular formula is C17H12ClN3. The van der Waals surface area contributed by atoms with Gasteiger partial charge in [0.05, 0.1) is 17.4 Å². The normalized spacial score (nSPS) is 11.3. The predicted molar refractivity (Wildman–Crippen MR) is 85.6 cm³/mol. The SMILES string of the molecule is Clc1nc2ccccc2c2c1ncn2Cc1ccccc1. The molecule has 4 rings (SSSR count). The minimum Gasteiger partial charge on any atom is -0.325 e. The molecule has 0 saturated heterocycles. The molecular weight excluding hydrogens is 282 g/mol. The summed E-state index contributed by atoms with van der Waals surface area (Å²) in [5.41, 5.74) is 3.92. The monoisotopic (exact) mass is 293 g/mol. The molecule has 0 fully saturated rings. The molecule has 3 nitrogen and oxygen atoms in total. The van der Waals surface area contributed by atoms with Crippen LogP contribution in [-0.4, -0.2) is 14.5 Å². The van der Waals surface area contributed by atoms with E-state index in [0.29, 0.717) is 5.15 Å². The number of nitrogens with zero attached hydrogens (tertiary/aromatic N) is 3. The molecule has 0 aliphatic rings. The van der Waals surface area contributed by atoms with Gasteiger partial charge in [-0.3, -0.25) is 0 Å². The van der Waals surface area contributed by atoms with Crippen molar-refractivity contribution >= 4 is 33.5 Å². The smallest absolute Gasteiger partial charge is 0.157 e. The Balaban J connectivity index is 1.98. The second kappa shape index (κ2) is 4.86. The van der Waals surface area contributed by atoms with Crippen molar-refractivity contribution < 1.29 is 0 Å². The van der Waals surface area contributed by atoms with E-state index in [0.717, 1.165) is 28.5 Å². The topological polar surface area (TPSA) is 30.7 Å². The van der Waals surface area contributed by atoms with Crippen LogP contribution in [0.15, 0.2) is 60.9 Å². The average molecular weight is 294 g/mol. The summed E-state index contributed by atoms with van der Waals surface area (Å²) in [5, 5.41) is 1.53. The summed E-state index contributed by atoms with van der Waals surface area (Å²) < 4.78 is 2.13. The summed E-state index contributed by atoms with van der Waals surface area (Å²) in [7, 11) is 0. The van der Waals surface area contributed by atoms with Gasteiger partial charge in [-0.2, -0.15) is 0 Å². The van der Waals surface area contributed by atoms with Crippen LogP contribution in [0.3, 0.4) is 0 Å². The maximum Gasteiger partial charge on any atom is 0.157 e. The van der Waals surface area contributed by atoms with Crippen LogP contribution in [-0.2, 0) is 6.54 Å². The van der Waals surface area contributed by atoms with Gasteiger partial charge in [0.25, 0.3) is 0 Å². The maximum atomic E-state index is 6.27. The van der Waals surface area contributed by atoms with Gasteiger partial charge in [-0.25, -0.2) is 9.97 Å². The van der Waals surface area contributed by atoms with E-state index in [4.69, 9.17) is 11.6 Å². The highest BCUT2D eigenvalue weighted by atomic mass is 35.5.